The highest BCUT2D eigenvalue weighted by molar-refractivity contribution is 7.20. The summed E-state index contributed by atoms with van der Waals surface area (Å²) in [5.41, 5.74) is 9.27. The molecule has 4 heteroatoms. The SMILES string of the molecule is c1ccc([Si](c2ccccc2)(c2cccc(-n3c4ccccc4c4cc(-c5cccc6c5[nH]c5ccccc56)ccc43)c2)c2cccc3c4ccccc4c4cccnc4c23)cc1. The predicted octanol–water partition coefficient (Wildman–Crippen LogP) is 12.3. The number of hydrogen-bond donors (Lipinski definition) is 1. The maximum Gasteiger partial charge on any atom is 0.180 e. The lowest BCUT2D eigenvalue weighted by Crippen LogP contribution is -2.75. The number of hydrogen-bond acceptors (Lipinski definition) is 1. The van der Waals surface area contributed by atoms with Gasteiger partial charge in [-0.25, -0.2) is 0 Å². The van der Waals surface area contributed by atoms with Gasteiger partial charge in [0.2, 0.25) is 0 Å². The normalized spacial score (nSPS) is 12.1. The summed E-state index contributed by atoms with van der Waals surface area (Å²) in [7, 11) is -3.10. The standard InChI is InChI=1S/C59H39N3Si/c1-3-18-41(19-4-1)63(42-20-5-2-6-21-42,56-33-15-28-49-45-23-7-8-24-46(45)50-30-16-36-60-59(50)57(49)56)43-22-13-17-40(38-43)62-54-32-12-10-26-48(54)52-37-39(34-35-55(52)62)44-27-14-29-51-47-25-9-11-31-53(47)61-58(44)51/h1-38,61H. The average Bonchev–Trinajstić information content (AvgIpc) is 3.91. The molecule has 0 bridgehead atoms. The second-order valence-electron chi connectivity index (χ2n) is 16.7. The molecular formula is C59H39N3Si. The molecule has 0 saturated heterocycles. The number of rotatable bonds is 6. The highest BCUT2D eigenvalue weighted by atomic mass is 28.3. The van der Waals surface area contributed by atoms with Gasteiger partial charge < -0.3 is 9.55 Å². The Morgan fingerprint density at radius 3 is 1.81 bits per heavy atom. The lowest BCUT2D eigenvalue weighted by molar-refractivity contribution is 1.18. The van der Waals surface area contributed by atoms with Crippen LogP contribution in [0.25, 0.3) is 92.9 Å². The van der Waals surface area contributed by atoms with Crippen LogP contribution in [0.3, 0.4) is 0 Å². The molecule has 0 spiro atoms. The first kappa shape index (κ1) is 35.7. The molecule has 0 radical (unpaired) electrons. The molecule has 0 aliphatic carbocycles. The quantitative estimate of drug-likeness (QED) is 0.101. The van der Waals surface area contributed by atoms with E-state index in [4.69, 9.17) is 4.98 Å². The lowest BCUT2D eigenvalue weighted by Gasteiger charge is -2.36. The van der Waals surface area contributed by atoms with Crippen molar-refractivity contribution in [3.8, 4) is 16.8 Å². The van der Waals surface area contributed by atoms with Crippen molar-refractivity contribution in [2.75, 3.05) is 0 Å². The van der Waals surface area contributed by atoms with Crippen LogP contribution in [-0.2, 0) is 0 Å². The minimum absolute atomic E-state index is 1.04. The maximum atomic E-state index is 5.21. The Morgan fingerprint density at radius 2 is 1.00 bits per heavy atom. The van der Waals surface area contributed by atoms with Crippen molar-refractivity contribution in [3.05, 3.63) is 231 Å². The van der Waals surface area contributed by atoms with Gasteiger partial charge >= 0.3 is 0 Å². The van der Waals surface area contributed by atoms with Crippen molar-refractivity contribution in [3.63, 3.8) is 0 Å². The highest BCUT2D eigenvalue weighted by Gasteiger charge is 2.43. The molecule has 0 aliphatic rings. The number of nitrogens with zero attached hydrogens (tertiary/aromatic N) is 2. The zero-order chi connectivity index (χ0) is 41.5. The summed E-state index contributed by atoms with van der Waals surface area (Å²) >= 11 is 0. The van der Waals surface area contributed by atoms with Crippen molar-refractivity contribution in [2.24, 2.45) is 0 Å². The molecule has 1 N–H and O–H groups in total. The first-order chi connectivity index (χ1) is 31.3. The van der Waals surface area contributed by atoms with Crippen molar-refractivity contribution < 1.29 is 0 Å². The van der Waals surface area contributed by atoms with Crippen LogP contribution in [-0.4, -0.2) is 22.6 Å². The van der Waals surface area contributed by atoms with Crippen LogP contribution in [0.1, 0.15) is 0 Å². The van der Waals surface area contributed by atoms with Gasteiger partial charge in [-0.3, -0.25) is 4.98 Å². The van der Waals surface area contributed by atoms with E-state index in [-0.39, 0.29) is 0 Å². The monoisotopic (exact) mass is 817 g/mol. The summed E-state index contributed by atoms with van der Waals surface area (Å²) in [5, 5.41) is 16.4. The Morgan fingerprint density at radius 1 is 0.397 bits per heavy atom. The molecule has 0 amide bonds. The number of pyridine rings is 1. The highest BCUT2D eigenvalue weighted by Crippen LogP contribution is 2.39. The third kappa shape index (κ3) is 5.22. The predicted molar refractivity (Wildman–Crippen MR) is 270 cm³/mol. The zero-order valence-electron chi connectivity index (χ0n) is 34.3. The molecule has 0 atom stereocenters. The van der Waals surface area contributed by atoms with Crippen LogP contribution in [0.5, 0.6) is 0 Å². The van der Waals surface area contributed by atoms with Crippen LogP contribution in [0.4, 0.5) is 0 Å². The van der Waals surface area contributed by atoms with E-state index in [0.717, 1.165) is 16.7 Å². The molecule has 3 nitrogen and oxygen atoms in total. The average molecular weight is 818 g/mol. The van der Waals surface area contributed by atoms with Crippen LogP contribution >= 0.6 is 0 Å². The molecule has 10 aromatic carbocycles. The Kier molecular flexibility index (Phi) is 7.93. The molecule has 3 aromatic heterocycles. The second-order valence-corrected chi connectivity index (χ2v) is 20.5. The minimum Gasteiger partial charge on any atom is -0.354 e. The summed E-state index contributed by atoms with van der Waals surface area (Å²) in [5.74, 6) is 0. The lowest BCUT2D eigenvalue weighted by atomic mass is 9.97. The zero-order valence-corrected chi connectivity index (χ0v) is 35.3. The molecular weight excluding hydrogens is 779 g/mol. The summed E-state index contributed by atoms with van der Waals surface area (Å²) in [6.07, 6.45) is 1.95. The molecule has 13 rings (SSSR count). The topological polar surface area (TPSA) is 33.6 Å². The van der Waals surface area contributed by atoms with E-state index in [1.165, 1.54) is 96.9 Å². The smallest absolute Gasteiger partial charge is 0.180 e. The number of para-hydroxylation sites is 3. The largest absolute Gasteiger partial charge is 0.354 e. The molecule has 13 aromatic rings. The van der Waals surface area contributed by atoms with Gasteiger partial charge in [0.05, 0.1) is 22.1 Å². The van der Waals surface area contributed by atoms with Crippen molar-refractivity contribution >= 4 is 105 Å². The van der Waals surface area contributed by atoms with Crippen molar-refractivity contribution in [1.82, 2.24) is 14.5 Å². The Balaban J connectivity index is 1.10. The number of H-pyrrole nitrogens is 1. The van der Waals surface area contributed by atoms with Gasteiger partial charge in [-0.1, -0.05) is 182 Å². The van der Waals surface area contributed by atoms with Crippen molar-refractivity contribution in [1.29, 1.82) is 0 Å². The molecule has 294 valence electrons. The number of aromatic amines is 1. The molecule has 0 saturated carbocycles. The summed E-state index contributed by atoms with van der Waals surface area (Å²) in [6.45, 7) is 0. The van der Waals surface area contributed by atoms with Gasteiger partial charge in [-0.05, 0) is 84.9 Å². The van der Waals surface area contributed by atoms with E-state index < -0.39 is 8.07 Å². The van der Waals surface area contributed by atoms with Crippen LogP contribution < -0.4 is 20.7 Å². The first-order valence-corrected chi connectivity index (χ1v) is 23.7. The van der Waals surface area contributed by atoms with Crippen molar-refractivity contribution in [2.45, 2.75) is 0 Å². The summed E-state index contributed by atoms with van der Waals surface area (Å²) in [4.78, 5) is 8.96. The first-order valence-electron chi connectivity index (χ1n) is 21.7. The van der Waals surface area contributed by atoms with E-state index in [1.54, 1.807) is 0 Å². The Hall–Kier alpha value is -8.05. The van der Waals surface area contributed by atoms with Crippen LogP contribution in [0.2, 0.25) is 0 Å². The van der Waals surface area contributed by atoms with Gasteiger partial charge in [0.25, 0.3) is 0 Å². The number of aromatic nitrogens is 3. The van der Waals surface area contributed by atoms with Crippen LogP contribution in [0, 0.1) is 0 Å². The second kappa shape index (κ2) is 14.0. The molecule has 0 aliphatic heterocycles. The summed E-state index contributed by atoms with van der Waals surface area (Å²) in [6, 6.07) is 83.2. The number of benzene rings is 10. The molecule has 63 heavy (non-hydrogen) atoms. The number of nitrogens with one attached hydrogen (secondary N) is 1. The number of fused-ring (bicyclic) bond motifs is 12. The van der Waals surface area contributed by atoms with Gasteiger partial charge in [-0.15, -0.1) is 0 Å². The third-order valence-corrected chi connectivity index (χ3v) is 18.3. The van der Waals surface area contributed by atoms with E-state index >= 15 is 0 Å². The van der Waals surface area contributed by atoms with Gasteiger partial charge in [-0.2, -0.15) is 0 Å². The fourth-order valence-corrected chi connectivity index (χ4v) is 15.9. The fraction of sp³-hybridized carbons (Fsp3) is 0. The Labute approximate surface area is 365 Å². The van der Waals surface area contributed by atoms with Gasteiger partial charge in [0, 0.05) is 55.3 Å². The fourth-order valence-electron chi connectivity index (χ4n) is 10.9. The van der Waals surface area contributed by atoms with E-state index in [1.807, 2.05) is 6.20 Å². The summed E-state index contributed by atoms with van der Waals surface area (Å²) < 4.78 is 2.48. The maximum absolute atomic E-state index is 5.21. The molecule has 0 fully saturated rings. The van der Waals surface area contributed by atoms with E-state index in [2.05, 4.69) is 234 Å². The third-order valence-electron chi connectivity index (χ3n) is 13.5. The minimum atomic E-state index is -3.10. The molecule has 0 unspecified atom stereocenters. The van der Waals surface area contributed by atoms with Gasteiger partial charge in [0.15, 0.2) is 8.07 Å². The Bertz CT molecular complexity index is 3840. The van der Waals surface area contributed by atoms with E-state index in [0.29, 0.717) is 0 Å². The van der Waals surface area contributed by atoms with Crippen LogP contribution in [0.15, 0.2) is 231 Å². The van der Waals surface area contributed by atoms with E-state index in [9.17, 15) is 0 Å². The van der Waals surface area contributed by atoms with Gasteiger partial charge in [0.1, 0.15) is 0 Å². The molecule has 3 heterocycles.